The minimum Gasteiger partial charge on any atom is -0.481 e. The molecular weight excluding hydrogens is 395 g/mol. The Morgan fingerprint density at radius 2 is 2.00 bits per heavy atom. The number of aromatic carboxylic acids is 1. The summed E-state index contributed by atoms with van der Waals surface area (Å²) in [7, 11) is -3.42. The summed E-state index contributed by atoms with van der Waals surface area (Å²) in [5, 5.41) is 10.9. The van der Waals surface area contributed by atoms with Gasteiger partial charge in [-0.2, -0.15) is 4.98 Å². The van der Waals surface area contributed by atoms with E-state index < -0.39 is 38.3 Å². The smallest absolute Gasteiger partial charge is 0.340 e. The zero-order valence-corrected chi connectivity index (χ0v) is 14.4. The standard InChI is InChI=1S/C13H10ClFN4O6S/c1-25-9-5-8(14)16-12(17-9)18-13(22)19-26(23,24)7-4-2-3-6(15)10(7)11(20)21/h2-5H,1H3,(H,20,21)(H2,16,17,18,19,22). The molecule has 2 rings (SSSR count). The number of anilines is 1. The molecule has 0 spiro atoms. The topological polar surface area (TPSA) is 148 Å². The van der Waals surface area contributed by atoms with Crippen molar-refractivity contribution in [3.63, 3.8) is 0 Å². The fourth-order valence-corrected chi connectivity index (χ4v) is 3.09. The molecule has 0 aliphatic carbocycles. The van der Waals surface area contributed by atoms with Gasteiger partial charge < -0.3 is 9.84 Å². The third-order valence-corrected chi connectivity index (χ3v) is 4.38. The van der Waals surface area contributed by atoms with Crippen molar-refractivity contribution < 1.29 is 32.2 Å². The highest BCUT2D eigenvalue weighted by Gasteiger charge is 2.27. The molecule has 0 radical (unpaired) electrons. The van der Waals surface area contributed by atoms with E-state index in [1.54, 1.807) is 0 Å². The minimum absolute atomic E-state index is 0.00134. The van der Waals surface area contributed by atoms with Gasteiger partial charge in [-0.25, -0.2) is 32.1 Å². The first-order valence-corrected chi connectivity index (χ1v) is 8.44. The Labute approximate surface area is 151 Å². The largest absolute Gasteiger partial charge is 0.481 e. The summed E-state index contributed by atoms with van der Waals surface area (Å²) in [5.41, 5.74) is -1.10. The van der Waals surface area contributed by atoms with Gasteiger partial charge in [-0.05, 0) is 12.1 Å². The van der Waals surface area contributed by atoms with Gasteiger partial charge in [0.05, 0.1) is 7.11 Å². The molecule has 1 heterocycles. The number of carboxylic acid groups (broad SMARTS) is 1. The van der Waals surface area contributed by atoms with E-state index in [-0.39, 0.29) is 17.0 Å². The molecule has 0 aliphatic rings. The first-order chi connectivity index (χ1) is 12.1. The summed E-state index contributed by atoms with van der Waals surface area (Å²) in [6.45, 7) is 0. The van der Waals surface area contributed by atoms with E-state index in [1.165, 1.54) is 17.9 Å². The first kappa shape index (κ1) is 19.3. The van der Waals surface area contributed by atoms with Crippen molar-refractivity contribution in [3.05, 3.63) is 40.8 Å². The van der Waals surface area contributed by atoms with Gasteiger partial charge in [-0.3, -0.25) is 5.32 Å². The summed E-state index contributed by atoms with van der Waals surface area (Å²) in [6, 6.07) is 2.51. The number of amides is 2. The van der Waals surface area contributed by atoms with Crippen molar-refractivity contribution in [2.75, 3.05) is 12.4 Å². The number of halogens is 2. The van der Waals surface area contributed by atoms with E-state index in [1.807, 2.05) is 5.32 Å². The SMILES string of the molecule is COc1cc(Cl)nc(NC(=O)NS(=O)(=O)c2cccc(F)c2C(=O)O)n1. The number of hydrogen-bond donors (Lipinski definition) is 3. The predicted molar refractivity (Wildman–Crippen MR) is 86.3 cm³/mol. The van der Waals surface area contributed by atoms with Crippen LogP contribution in [-0.2, 0) is 10.0 Å². The quantitative estimate of drug-likeness (QED) is 0.635. The first-order valence-electron chi connectivity index (χ1n) is 6.58. The maximum Gasteiger partial charge on any atom is 0.340 e. The molecule has 138 valence electrons. The van der Waals surface area contributed by atoms with E-state index in [9.17, 15) is 22.4 Å². The fraction of sp³-hybridized carbons (Fsp3) is 0.0769. The Bertz CT molecular complexity index is 985. The molecule has 0 fully saturated rings. The Hall–Kier alpha value is -2.99. The van der Waals surface area contributed by atoms with E-state index in [0.717, 1.165) is 18.2 Å². The van der Waals surface area contributed by atoms with Crippen LogP contribution in [-0.4, -0.2) is 42.6 Å². The Kier molecular flexibility index (Phi) is 5.57. The molecule has 2 amide bonds. The average Bonchev–Trinajstić information content (AvgIpc) is 2.52. The lowest BCUT2D eigenvalue weighted by molar-refractivity contribution is 0.0687. The van der Waals surface area contributed by atoms with Crippen LogP contribution in [0.15, 0.2) is 29.2 Å². The van der Waals surface area contributed by atoms with Crippen LogP contribution in [0.25, 0.3) is 0 Å². The number of carbonyl (C=O) groups excluding carboxylic acids is 1. The highest BCUT2D eigenvalue weighted by atomic mass is 35.5. The van der Waals surface area contributed by atoms with Crippen molar-refractivity contribution in [1.82, 2.24) is 14.7 Å². The highest BCUT2D eigenvalue weighted by molar-refractivity contribution is 7.90. The molecule has 10 nitrogen and oxygen atoms in total. The van der Waals surface area contributed by atoms with Crippen LogP contribution in [0.1, 0.15) is 10.4 Å². The van der Waals surface area contributed by atoms with Crippen molar-refractivity contribution in [2.45, 2.75) is 4.90 Å². The molecular formula is C13H10ClFN4O6S. The number of urea groups is 1. The number of carbonyl (C=O) groups is 2. The Balaban J connectivity index is 2.28. The number of ether oxygens (including phenoxy) is 1. The minimum atomic E-state index is -4.71. The summed E-state index contributed by atoms with van der Waals surface area (Å²) in [5.74, 6) is -3.46. The second-order valence-corrected chi connectivity index (χ2v) is 6.57. The molecule has 1 aromatic carbocycles. The van der Waals surface area contributed by atoms with E-state index >= 15 is 0 Å². The van der Waals surface area contributed by atoms with Gasteiger partial charge in [0.15, 0.2) is 0 Å². The lowest BCUT2D eigenvalue weighted by Gasteiger charge is -2.10. The highest BCUT2D eigenvalue weighted by Crippen LogP contribution is 2.19. The second-order valence-electron chi connectivity index (χ2n) is 4.53. The van der Waals surface area contributed by atoms with Gasteiger partial charge in [-0.1, -0.05) is 17.7 Å². The maximum absolute atomic E-state index is 13.6. The van der Waals surface area contributed by atoms with Crippen molar-refractivity contribution in [3.8, 4) is 5.88 Å². The van der Waals surface area contributed by atoms with E-state index in [0.29, 0.717) is 0 Å². The van der Waals surface area contributed by atoms with Crippen molar-refractivity contribution in [2.24, 2.45) is 0 Å². The summed E-state index contributed by atoms with van der Waals surface area (Å²) < 4.78 is 44.4. The molecule has 13 heteroatoms. The van der Waals surface area contributed by atoms with E-state index in [4.69, 9.17) is 21.4 Å². The molecule has 1 aromatic heterocycles. The predicted octanol–water partition coefficient (Wildman–Crippen LogP) is 1.49. The normalized spacial score (nSPS) is 10.9. The summed E-state index contributed by atoms with van der Waals surface area (Å²) in [4.78, 5) is 29.4. The van der Waals surface area contributed by atoms with Crippen molar-refractivity contribution >= 4 is 39.6 Å². The average molecular weight is 405 g/mol. The number of nitrogens with zero attached hydrogens (tertiary/aromatic N) is 2. The van der Waals surface area contributed by atoms with Crippen LogP contribution in [0.5, 0.6) is 5.88 Å². The van der Waals surface area contributed by atoms with Crippen LogP contribution in [0.2, 0.25) is 5.15 Å². The lowest BCUT2D eigenvalue weighted by atomic mass is 10.2. The molecule has 0 aliphatic heterocycles. The van der Waals surface area contributed by atoms with E-state index in [2.05, 4.69) is 9.97 Å². The molecule has 0 bridgehead atoms. The van der Waals surface area contributed by atoms with Gasteiger partial charge >= 0.3 is 12.0 Å². The van der Waals surface area contributed by atoms with Gasteiger partial charge in [0.25, 0.3) is 10.0 Å². The molecule has 0 unspecified atom stereocenters. The van der Waals surface area contributed by atoms with Gasteiger partial charge in [0.1, 0.15) is 21.4 Å². The van der Waals surface area contributed by atoms with Crippen molar-refractivity contribution in [1.29, 1.82) is 0 Å². The molecule has 3 N–H and O–H groups in total. The molecule has 0 saturated heterocycles. The van der Waals surface area contributed by atoms with Crippen LogP contribution in [0.3, 0.4) is 0 Å². The van der Waals surface area contributed by atoms with Crippen LogP contribution < -0.4 is 14.8 Å². The number of nitrogens with one attached hydrogen (secondary N) is 2. The van der Waals surface area contributed by atoms with Crippen LogP contribution >= 0.6 is 11.6 Å². The fourth-order valence-electron chi connectivity index (χ4n) is 1.80. The number of carboxylic acids is 1. The maximum atomic E-state index is 13.6. The molecule has 0 atom stereocenters. The lowest BCUT2D eigenvalue weighted by Crippen LogP contribution is -2.35. The number of sulfonamides is 1. The van der Waals surface area contributed by atoms with Crippen LogP contribution in [0.4, 0.5) is 15.1 Å². The van der Waals surface area contributed by atoms with Gasteiger partial charge in [0, 0.05) is 6.07 Å². The number of methoxy groups -OCH3 is 1. The summed E-state index contributed by atoms with van der Waals surface area (Å²) in [6.07, 6.45) is 0. The zero-order chi connectivity index (χ0) is 19.5. The monoisotopic (exact) mass is 404 g/mol. The zero-order valence-electron chi connectivity index (χ0n) is 12.9. The number of aromatic nitrogens is 2. The second kappa shape index (κ2) is 7.49. The number of hydrogen-bond acceptors (Lipinski definition) is 7. The molecule has 0 saturated carbocycles. The third kappa shape index (κ3) is 4.34. The van der Waals surface area contributed by atoms with Gasteiger partial charge in [-0.15, -0.1) is 0 Å². The summed E-state index contributed by atoms with van der Waals surface area (Å²) >= 11 is 5.69. The number of rotatable bonds is 5. The third-order valence-electron chi connectivity index (χ3n) is 2.81. The number of benzene rings is 1. The van der Waals surface area contributed by atoms with Gasteiger partial charge in [0.2, 0.25) is 11.8 Å². The Morgan fingerprint density at radius 3 is 2.62 bits per heavy atom. The molecule has 2 aromatic rings. The van der Waals surface area contributed by atoms with Crippen LogP contribution in [0, 0.1) is 5.82 Å². The Morgan fingerprint density at radius 1 is 1.31 bits per heavy atom. The molecule has 26 heavy (non-hydrogen) atoms.